The topological polar surface area (TPSA) is 58.9 Å². The maximum atomic E-state index is 8.97. The molecule has 4 heteroatoms. The number of hydrogen-bond acceptors (Lipinski definition) is 4. The van der Waals surface area contributed by atoms with E-state index in [1.165, 1.54) is 17.5 Å². The van der Waals surface area contributed by atoms with Crippen LogP contribution in [0, 0.1) is 11.8 Å². The standard InChI is InChI=1S/C25H34O4/c1-18-16-19(2)24(20-4-8-22(9-5-20)28-14-12-26)25(3,17-18)21-6-10-23(11-7-21)29-15-13-27/h4-11,18-19,24,26-27H,12-17H2,1-3H3. The fourth-order valence-corrected chi connectivity index (χ4v) is 5.36. The Labute approximate surface area is 174 Å². The second-order valence-electron chi connectivity index (χ2n) is 8.65. The molecule has 158 valence electrons. The molecule has 2 aromatic carbocycles. The van der Waals surface area contributed by atoms with Crippen LogP contribution in [-0.4, -0.2) is 36.6 Å². The second-order valence-corrected chi connectivity index (χ2v) is 8.65. The van der Waals surface area contributed by atoms with Gasteiger partial charge in [0.05, 0.1) is 13.2 Å². The highest BCUT2D eigenvalue weighted by atomic mass is 16.5. The second kappa shape index (κ2) is 9.64. The molecule has 0 radical (unpaired) electrons. The van der Waals surface area contributed by atoms with Crippen LogP contribution in [0.3, 0.4) is 0 Å². The van der Waals surface area contributed by atoms with E-state index in [2.05, 4.69) is 45.0 Å². The molecular weight excluding hydrogens is 364 g/mol. The Morgan fingerprint density at radius 1 is 0.862 bits per heavy atom. The molecule has 2 aromatic rings. The minimum Gasteiger partial charge on any atom is -0.491 e. The number of rotatable bonds is 8. The highest BCUT2D eigenvalue weighted by Crippen LogP contribution is 2.53. The fraction of sp³-hybridized carbons (Fsp3) is 0.520. The molecule has 0 amide bonds. The van der Waals surface area contributed by atoms with E-state index in [1.807, 2.05) is 24.3 Å². The first-order valence-corrected chi connectivity index (χ1v) is 10.7. The van der Waals surface area contributed by atoms with Crippen LogP contribution in [0.2, 0.25) is 0 Å². The fourth-order valence-electron chi connectivity index (χ4n) is 5.36. The molecule has 4 unspecified atom stereocenters. The van der Waals surface area contributed by atoms with Crippen LogP contribution in [0.1, 0.15) is 50.7 Å². The van der Waals surface area contributed by atoms with Crippen molar-refractivity contribution in [3.05, 3.63) is 59.7 Å². The van der Waals surface area contributed by atoms with Crippen LogP contribution in [0.5, 0.6) is 11.5 Å². The third-order valence-electron chi connectivity index (χ3n) is 6.28. The SMILES string of the molecule is CC1CC(C)C(c2ccc(OCCO)cc2)C(C)(c2ccc(OCCO)cc2)C1. The van der Waals surface area contributed by atoms with Gasteiger partial charge < -0.3 is 19.7 Å². The van der Waals surface area contributed by atoms with Crippen molar-refractivity contribution in [3.8, 4) is 11.5 Å². The van der Waals surface area contributed by atoms with Crippen molar-refractivity contribution in [2.24, 2.45) is 11.8 Å². The van der Waals surface area contributed by atoms with Crippen molar-refractivity contribution in [1.29, 1.82) is 0 Å². The zero-order valence-electron chi connectivity index (χ0n) is 17.8. The molecule has 3 rings (SSSR count). The van der Waals surface area contributed by atoms with E-state index in [0.29, 0.717) is 31.0 Å². The van der Waals surface area contributed by atoms with E-state index < -0.39 is 0 Å². The van der Waals surface area contributed by atoms with E-state index in [-0.39, 0.29) is 18.6 Å². The molecule has 0 heterocycles. The Hall–Kier alpha value is -2.04. The van der Waals surface area contributed by atoms with Crippen molar-refractivity contribution in [3.63, 3.8) is 0 Å². The van der Waals surface area contributed by atoms with Gasteiger partial charge in [0.2, 0.25) is 0 Å². The van der Waals surface area contributed by atoms with Gasteiger partial charge in [0.25, 0.3) is 0 Å². The van der Waals surface area contributed by atoms with Gasteiger partial charge in [0.15, 0.2) is 0 Å². The summed E-state index contributed by atoms with van der Waals surface area (Å²) in [5.74, 6) is 3.24. The van der Waals surface area contributed by atoms with Crippen molar-refractivity contribution >= 4 is 0 Å². The van der Waals surface area contributed by atoms with Gasteiger partial charge >= 0.3 is 0 Å². The molecule has 1 aliphatic rings. The van der Waals surface area contributed by atoms with E-state index in [0.717, 1.165) is 17.9 Å². The van der Waals surface area contributed by atoms with Gasteiger partial charge in [0.1, 0.15) is 24.7 Å². The summed E-state index contributed by atoms with van der Waals surface area (Å²) in [5, 5.41) is 17.9. The molecule has 4 nitrogen and oxygen atoms in total. The Bertz CT molecular complexity index is 755. The van der Waals surface area contributed by atoms with Crippen LogP contribution < -0.4 is 9.47 Å². The summed E-state index contributed by atoms with van der Waals surface area (Å²) in [6, 6.07) is 16.8. The summed E-state index contributed by atoms with van der Waals surface area (Å²) in [6.45, 7) is 7.80. The number of benzene rings is 2. The maximum absolute atomic E-state index is 8.97. The van der Waals surface area contributed by atoms with E-state index >= 15 is 0 Å². The molecule has 4 atom stereocenters. The van der Waals surface area contributed by atoms with Crippen LogP contribution in [0.25, 0.3) is 0 Å². The largest absolute Gasteiger partial charge is 0.491 e. The lowest BCUT2D eigenvalue weighted by Gasteiger charge is -2.48. The zero-order valence-corrected chi connectivity index (χ0v) is 17.8. The summed E-state index contributed by atoms with van der Waals surface area (Å²) in [4.78, 5) is 0. The van der Waals surface area contributed by atoms with Crippen molar-refractivity contribution in [1.82, 2.24) is 0 Å². The predicted octanol–water partition coefficient (Wildman–Crippen LogP) is 4.54. The molecule has 0 saturated heterocycles. The average molecular weight is 399 g/mol. The first-order valence-electron chi connectivity index (χ1n) is 10.7. The van der Waals surface area contributed by atoms with Crippen LogP contribution in [0.4, 0.5) is 0 Å². The summed E-state index contributed by atoms with van der Waals surface area (Å²) >= 11 is 0. The van der Waals surface area contributed by atoms with Gasteiger partial charge in [-0.3, -0.25) is 0 Å². The minimum atomic E-state index is 0.0224. The summed E-state index contributed by atoms with van der Waals surface area (Å²) in [6.07, 6.45) is 2.36. The monoisotopic (exact) mass is 398 g/mol. The Morgan fingerprint density at radius 3 is 1.90 bits per heavy atom. The third kappa shape index (κ3) is 4.93. The summed E-state index contributed by atoms with van der Waals surface area (Å²) < 4.78 is 11.1. The van der Waals surface area contributed by atoms with E-state index in [9.17, 15) is 0 Å². The Morgan fingerprint density at radius 2 is 1.38 bits per heavy atom. The molecule has 0 aliphatic heterocycles. The molecule has 1 aliphatic carbocycles. The molecule has 1 fully saturated rings. The highest BCUT2D eigenvalue weighted by Gasteiger charge is 2.44. The molecule has 0 aromatic heterocycles. The smallest absolute Gasteiger partial charge is 0.119 e. The molecular formula is C25H34O4. The minimum absolute atomic E-state index is 0.0224. The van der Waals surface area contributed by atoms with E-state index in [4.69, 9.17) is 19.7 Å². The van der Waals surface area contributed by atoms with Gasteiger partial charge in [-0.1, -0.05) is 45.0 Å². The van der Waals surface area contributed by atoms with E-state index in [1.54, 1.807) is 0 Å². The van der Waals surface area contributed by atoms with Gasteiger partial charge in [-0.15, -0.1) is 0 Å². The molecule has 2 N–H and O–H groups in total. The summed E-state index contributed by atoms with van der Waals surface area (Å²) in [5.41, 5.74) is 2.70. The quantitative estimate of drug-likeness (QED) is 0.686. The van der Waals surface area contributed by atoms with Crippen LogP contribution >= 0.6 is 0 Å². The van der Waals surface area contributed by atoms with Crippen molar-refractivity contribution in [2.75, 3.05) is 26.4 Å². The summed E-state index contributed by atoms with van der Waals surface area (Å²) in [7, 11) is 0. The average Bonchev–Trinajstić information content (AvgIpc) is 2.71. The van der Waals surface area contributed by atoms with Crippen molar-refractivity contribution in [2.45, 2.75) is 44.9 Å². The maximum Gasteiger partial charge on any atom is 0.119 e. The first kappa shape index (κ1) is 21.7. The predicted molar refractivity (Wildman–Crippen MR) is 116 cm³/mol. The Kier molecular flexibility index (Phi) is 7.20. The van der Waals surface area contributed by atoms with Crippen molar-refractivity contribution < 1.29 is 19.7 Å². The molecule has 29 heavy (non-hydrogen) atoms. The van der Waals surface area contributed by atoms with Gasteiger partial charge in [-0.2, -0.15) is 0 Å². The molecule has 0 bridgehead atoms. The number of aliphatic hydroxyl groups is 2. The van der Waals surface area contributed by atoms with Crippen LogP contribution in [0.15, 0.2) is 48.5 Å². The molecule has 0 spiro atoms. The molecule has 1 saturated carbocycles. The van der Waals surface area contributed by atoms with Crippen LogP contribution in [-0.2, 0) is 5.41 Å². The van der Waals surface area contributed by atoms with Gasteiger partial charge in [0, 0.05) is 0 Å². The lowest BCUT2D eigenvalue weighted by atomic mass is 9.55. The zero-order chi connectivity index (χ0) is 20.9. The number of ether oxygens (including phenoxy) is 2. The van der Waals surface area contributed by atoms with Gasteiger partial charge in [-0.05, 0) is 71.4 Å². The Balaban J connectivity index is 1.90. The van der Waals surface area contributed by atoms with Gasteiger partial charge in [-0.25, -0.2) is 0 Å². The third-order valence-corrected chi connectivity index (χ3v) is 6.28. The lowest BCUT2D eigenvalue weighted by Crippen LogP contribution is -2.40. The first-order chi connectivity index (χ1) is 14.0. The normalized spacial score (nSPS) is 26.9. The lowest BCUT2D eigenvalue weighted by molar-refractivity contribution is 0.154. The highest BCUT2D eigenvalue weighted by molar-refractivity contribution is 5.39. The number of hydrogen-bond donors (Lipinski definition) is 2. The number of aliphatic hydroxyl groups excluding tert-OH is 2.